The van der Waals surface area contributed by atoms with Crippen LogP contribution in [-0.4, -0.2) is 11.0 Å². The highest BCUT2D eigenvalue weighted by Crippen LogP contribution is 2.20. The van der Waals surface area contributed by atoms with Crippen molar-refractivity contribution in [3.05, 3.63) is 64.4 Å². The number of nitrogens with zero attached hydrogens (tertiary/aromatic N) is 1. The van der Waals surface area contributed by atoms with E-state index in [9.17, 15) is 0 Å². The number of halogens is 1. The first-order chi connectivity index (χ1) is 9.15. The molecule has 2 aromatic rings. The Labute approximate surface area is 119 Å². The van der Waals surface area contributed by atoms with Gasteiger partial charge >= 0.3 is 0 Å². The fourth-order valence-corrected chi connectivity index (χ4v) is 2.13. The third kappa shape index (κ3) is 4.34. The Bertz CT molecular complexity index is 524. The smallest absolute Gasteiger partial charge is 0.0447 e. The molecule has 100 valence electrons. The molecule has 0 aliphatic carbocycles. The van der Waals surface area contributed by atoms with E-state index in [2.05, 4.69) is 36.3 Å². The molecule has 0 radical (unpaired) electrons. The van der Waals surface area contributed by atoms with Crippen molar-refractivity contribution in [1.29, 1.82) is 0 Å². The summed E-state index contributed by atoms with van der Waals surface area (Å²) in [5.41, 5.74) is 3.37. The largest absolute Gasteiger partial charge is 0.310 e. The molecule has 1 N–H and O–H groups in total. The number of hydrogen-bond donors (Lipinski definition) is 1. The summed E-state index contributed by atoms with van der Waals surface area (Å²) in [5, 5.41) is 4.20. The molecule has 2 rings (SSSR count). The van der Waals surface area contributed by atoms with Crippen molar-refractivity contribution < 1.29 is 0 Å². The molecule has 0 saturated carbocycles. The lowest BCUT2D eigenvalue weighted by Crippen LogP contribution is -2.21. The number of pyridine rings is 1. The van der Waals surface area contributed by atoms with Crippen LogP contribution < -0.4 is 5.32 Å². The minimum absolute atomic E-state index is 0.479. The van der Waals surface area contributed by atoms with Gasteiger partial charge in [0.25, 0.3) is 0 Å². The van der Waals surface area contributed by atoms with Gasteiger partial charge in [0.05, 0.1) is 0 Å². The molecule has 0 unspecified atom stereocenters. The maximum absolute atomic E-state index is 6.34. The summed E-state index contributed by atoms with van der Waals surface area (Å²) < 4.78 is 0. The third-order valence-electron chi connectivity index (χ3n) is 2.93. The Balaban J connectivity index is 2.07. The molecule has 0 aliphatic heterocycles. The molecular formula is C16H19ClN2. The molecule has 2 nitrogen and oxygen atoms in total. The molecule has 1 aromatic carbocycles. The molecule has 0 bridgehead atoms. The van der Waals surface area contributed by atoms with Crippen LogP contribution in [0.2, 0.25) is 5.02 Å². The molecule has 0 aliphatic rings. The van der Waals surface area contributed by atoms with Crippen molar-refractivity contribution in [2.45, 2.75) is 32.9 Å². The zero-order valence-electron chi connectivity index (χ0n) is 11.4. The van der Waals surface area contributed by atoms with Gasteiger partial charge in [-0.25, -0.2) is 0 Å². The minimum atomic E-state index is 0.479. The average molecular weight is 275 g/mol. The van der Waals surface area contributed by atoms with Gasteiger partial charge in [0.2, 0.25) is 0 Å². The van der Waals surface area contributed by atoms with E-state index in [-0.39, 0.29) is 0 Å². The summed E-state index contributed by atoms with van der Waals surface area (Å²) in [5.74, 6) is 0. The Morgan fingerprint density at radius 3 is 2.68 bits per heavy atom. The first-order valence-corrected chi connectivity index (χ1v) is 6.93. The highest BCUT2D eigenvalue weighted by molar-refractivity contribution is 6.31. The van der Waals surface area contributed by atoms with Crippen molar-refractivity contribution in [1.82, 2.24) is 10.3 Å². The SMILES string of the molecule is CC(C)NCc1ccc(Cc2ccccn2)c(Cl)c1. The van der Waals surface area contributed by atoms with Crippen LogP contribution in [-0.2, 0) is 13.0 Å². The molecule has 3 heteroatoms. The van der Waals surface area contributed by atoms with Gasteiger partial charge in [-0.1, -0.05) is 43.6 Å². The minimum Gasteiger partial charge on any atom is -0.310 e. The highest BCUT2D eigenvalue weighted by atomic mass is 35.5. The topological polar surface area (TPSA) is 24.9 Å². The van der Waals surface area contributed by atoms with E-state index in [1.54, 1.807) is 0 Å². The van der Waals surface area contributed by atoms with Crippen molar-refractivity contribution in [3.63, 3.8) is 0 Å². The predicted octanol–water partition coefficient (Wildman–Crippen LogP) is 3.82. The van der Waals surface area contributed by atoms with Gasteiger partial charge in [-0.3, -0.25) is 4.98 Å². The van der Waals surface area contributed by atoms with Crippen LogP contribution in [0.3, 0.4) is 0 Å². The number of rotatable bonds is 5. The van der Waals surface area contributed by atoms with Crippen molar-refractivity contribution in [2.75, 3.05) is 0 Å². The maximum atomic E-state index is 6.34. The molecule has 0 amide bonds. The van der Waals surface area contributed by atoms with Crippen LogP contribution in [0.4, 0.5) is 0 Å². The second-order valence-electron chi connectivity index (χ2n) is 4.96. The zero-order valence-corrected chi connectivity index (χ0v) is 12.1. The van der Waals surface area contributed by atoms with Crippen LogP contribution in [0.25, 0.3) is 0 Å². The molecule has 0 atom stereocenters. The summed E-state index contributed by atoms with van der Waals surface area (Å²) >= 11 is 6.34. The van der Waals surface area contributed by atoms with Gasteiger partial charge in [-0.2, -0.15) is 0 Å². The van der Waals surface area contributed by atoms with E-state index in [0.717, 1.165) is 29.2 Å². The Kier molecular flexibility index (Phi) is 4.94. The van der Waals surface area contributed by atoms with Crippen LogP contribution in [0, 0.1) is 0 Å². The summed E-state index contributed by atoms with van der Waals surface area (Å²) in [7, 11) is 0. The summed E-state index contributed by atoms with van der Waals surface area (Å²) in [6.07, 6.45) is 2.59. The zero-order chi connectivity index (χ0) is 13.7. The quantitative estimate of drug-likeness (QED) is 0.896. The van der Waals surface area contributed by atoms with Crippen molar-refractivity contribution in [3.8, 4) is 0 Å². The van der Waals surface area contributed by atoms with E-state index in [1.165, 1.54) is 5.56 Å². The molecule has 0 fully saturated rings. The first kappa shape index (κ1) is 14.0. The summed E-state index contributed by atoms with van der Waals surface area (Å²) in [6.45, 7) is 5.12. The summed E-state index contributed by atoms with van der Waals surface area (Å²) in [4.78, 5) is 4.33. The number of benzene rings is 1. The maximum Gasteiger partial charge on any atom is 0.0447 e. The number of aromatic nitrogens is 1. The van der Waals surface area contributed by atoms with Crippen LogP contribution in [0.1, 0.15) is 30.7 Å². The van der Waals surface area contributed by atoms with Gasteiger partial charge in [0.15, 0.2) is 0 Å². The van der Waals surface area contributed by atoms with Gasteiger partial charge in [0, 0.05) is 35.9 Å². The van der Waals surface area contributed by atoms with E-state index in [4.69, 9.17) is 11.6 Å². The summed E-state index contributed by atoms with van der Waals surface area (Å²) in [6, 6.07) is 12.7. The molecule has 1 aromatic heterocycles. The first-order valence-electron chi connectivity index (χ1n) is 6.56. The van der Waals surface area contributed by atoms with E-state index >= 15 is 0 Å². The molecule has 1 heterocycles. The van der Waals surface area contributed by atoms with E-state index in [1.807, 2.05) is 30.5 Å². The lowest BCUT2D eigenvalue weighted by Gasteiger charge is -2.10. The number of hydrogen-bond acceptors (Lipinski definition) is 2. The monoisotopic (exact) mass is 274 g/mol. The molecular weight excluding hydrogens is 256 g/mol. The van der Waals surface area contributed by atoms with Crippen LogP contribution >= 0.6 is 11.6 Å². The van der Waals surface area contributed by atoms with Crippen LogP contribution in [0.5, 0.6) is 0 Å². The molecule has 19 heavy (non-hydrogen) atoms. The predicted molar refractivity (Wildman–Crippen MR) is 80.5 cm³/mol. The number of nitrogens with one attached hydrogen (secondary N) is 1. The second-order valence-corrected chi connectivity index (χ2v) is 5.37. The van der Waals surface area contributed by atoms with Crippen molar-refractivity contribution >= 4 is 11.6 Å². The fourth-order valence-electron chi connectivity index (χ4n) is 1.86. The Morgan fingerprint density at radius 2 is 2.05 bits per heavy atom. The fraction of sp³-hybridized carbons (Fsp3) is 0.312. The molecule has 0 saturated heterocycles. The van der Waals surface area contributed by atoms with E-state index < -0.39 is 0 Å². The van der Waals surface area contributed by atoms with Crippen LogP contribution in [0.15, 0.2) is 42.6 Å². The average Bonchev–Trinajstić information content (AvgIpc) is 2.40. The highest BCUT2D eigenvalue weighted by Gasteiger charge is 2.04. The lowest BCUT2D eigenvalue weighted by molar-refractivity contribution is 0.589. The Morgan fingerprint density at radius 1 is 1.21 bits per heavy atom. The van der Waals surface area contributed by atoms with Gasteiger partial charge in [-0.15, -0.1) is 0 Å². The Hall–Kier alpha value is -1.38. The van der Waals surface area contributed by atoms with Crippen molar-refractivity contribution in [2.24, 2.45) is 0 Å². The standard InChI is InChI=1S/C16H19ClN2/c1-12(2)19-11-13-6-7-14(16(17)9-13)10-15-5-3-4-8-18-15/h3-9,12,19H,10-11H2,1-2H3. The van der Waals surface area contributed by atoms with Gasteiger partial charge < -0.3 is 5.32 Å². The lowest BCUT2D eigenvalue weighted by atomic mass is 10.1. The van der Waals surface area contributed by atoms with Gasteiger partial charge in [0.1, 0.15) is 0 Å². The van der Waals surface area contributed by atoms with Gasteiger partial charge in [-0.05, 0) is 29.3 Å². The second kappa shape index (κ2) is 6.69. The van der Waals surface area contributed by atoms with E-state index in [0.29, 0.717) is 6.04 Å². The normalized spacial score (nSPS) is 10.9. The molecule has 0 spiro atoms. The third-order valence-corrected chi connectivity index (χ3v) is 3.28.